The predicted molar refractivity (Wildman–Crippen MR) is 63.4 cm³/mol. The standard InChI is InChI=1S/C11H13BrN2/c1-14(2)7-8-6-13-10-5-3-4-9(12)11(8)10/h3-6,13H,7H2,1-2H3. The molecule has 2 aromatic rings. The number of aromatic nitrogens is 1. The van der Waals surface area contributed by atoms with Crippen molar-refractivity contribution in [2.24, 2.45) is 0 Å². The summed E-state index contributed by atoms with van der Waals surface area (Å²) >= 11 is 3.58. The van der Waals surface area contributed by atoms with Crippen LogP contribution >= 0.6 is 15.9 Å². The van der Waals surface area contributed by atoms with E-state index in [1.165, 1.54) is 16.5 Å². The van der Waals surface area contributed by atoms with Crippen molar-refractivity contribution < 1.29 is 0 Å². The third-order valence-corrected chi connectivity index (χ3v) is 2.88. The normalized spacial score (nSPS) is 11.4. The van der Waals surface area contributed by atoms with Gasteiger partial charge in [-0.2, -0.15) is 0 Å². The molecule has 1 aromatic carbocycles. The number of hydrogen-bond donors (Lipinski definition) is 1. The highest BCUT2D eigenvalue weighted by molar-refractivity contribution is 9.10. The fourth-order valence-corrected chi connectivity index (χ4v) is 2.29. The van der Waals surface area contributed by atoms with Crippen LogP contribution in [0, 0.1) is 0 Å². The predicted octanol–water partition coefficient (Wildman–Crippen LogP) is 2.99. The third kappa shape index (κ3) is 1.70. The van der Waals surface area contributed by atoms with Crippen LogP contribution in [0.25, 0.3) is 10.9 Å². The molecular weight excluding hydrogens is 240 g/mol. The van der Waals surface area contributed by atoms with Crippen molar-refractivity contribution >= 4 is 26.8 Å². The molecule has 0 spiro atoms. The molecule has 0 aliphatic rings. The third-order valence-electron chi connectivity index (χ3n) is 2.22. The molecule has 3 heteroatoms. The number of fused-ring (bicyclic) bond motifs is 1. The van der Waals surface area contributed by atoms with E-state index in [1.807, 2.05) is 6.07 Å². The maximum Gasteiger partial charge on any atom is 0.0468 e. The zero-order valence-corrected chi connectivity index (χ0v) is 9.93. The smallest absolute Gasteiger partial charge is 0.0468 e. The minimum atomic E-state index is 0.961. The fraction of sp³-hybridized carbons (Fsp3) is 0.273. The summed E-state index contributed by atoms with van der Waals surface area (Å²) in [6.07, 6.45) is 2.08. The molecule has 1 aromatic heterocycles. The van der Waals surface area contributed by atoms with Crippen LogP contribution in [-0.2, 0) is 6.54 Å². The van der Waals surface area contributed by atoms with Gasteiger partial charge < -0.3 is 9.88 Å². The molecule has 1 heterocycles. The first kappa shape index (κ1) is 9.74. The molecular formula is C11H13BrN2. The maximum absolute atomic E-state index is 3.58. The number of rotatable bonds is 2. The van der Waals surface area contributed by atoms with E-state index in [0.717, 1.165) is 11.0 Å². The molecule has 0 unspecified atom stereocenters. The highest BCUT2D eigenvalue weighted by atomic mass is 79.9. The van der Waals surface area contributed by atoms with Crippen LogP contribution in [0.3, 0.4) is 0 Å². The van der Waals surface area contributed by atoms with E-state index >= 15 is 0 Å². The Hall–Kier alpha value is -0.800. The lowest BCUT2D eigenvalue weighted by atomic mass is 10.2. The van der Waals surface area contributed by atoms with E-state index in [9.17, 15) is 0 Å². The van der Waals surface area contributed by atoms with Gasteiger partial charge in [0.25, 0.3) is 0 Å². The molecule has 0 saturated carbocycles. The van der Waals surface area contributed by atoms with E-state index in [4.69, 9.17) is 0 Å². The van der Waals surface area contributed by atoms with Crippen molar-refractivity contribution in [2.75, 3.05) is 14.1 Å². The van der Waals surface area contributed by atoms with Crippen molar-refractivity contribution in [1.82, 2.24) is 9.88 Å². The lowest BCUT2D eigenvalue weighted by molar-refractivity contribution is 0.404. The Morgan fingerprint density at radius 2 is 2.14 bits per heavy atom. The van der Waals surface area contributed by atoms with Gasteiger partial charge in [-0.3, -0.25) is 0 Å². The lowest BCUT2D eigenvalue weighted by Gasteiger charge is -2.08. The van der Waals surface area contributed by atoms with Crippen molar-refractivity contribution in [3.63, 3.8) is 0 Å². The van der Waals surface area contributed by atoms with E-state index in [2.05, 4.69) is 58.2 Å². The molecule has 1 N–H and O–H groups in total. The van der Waals surface area contributed by atoms with Crippen LogP contribution in [0.1, 0.15) is 5.56 Å². The van der Waals surface area contributed by atoms with Crippen molar-refractivity contribution in [2.45, 2.75) is 6.54 Å². The van der Waals surface area contributed by atoms with Gasteiger partial charge in [-0.15, -0.1) is 0 Å². The van der Waals surface area contributed by atoms with Gasteiger partial charge in [-0.1, -0.05) is 22.0 Å². The zero-order chi connectivity index (χ0) is 10.1. The average molecular weight is 253 g/mol. The van der Waals surface area contributed by atoms with Crippen molar-refractivity contribution in [3.8, 4) is 0 Å². The molecule has 74 valence electrons. The van der Waals surface area contributed by atoms with Gasteiger partial charge in [0.15, 0.2) is 0 Å². The number of H-pyrrole nitrogens is 1. The molecule has 2 rings (SSSR count). The SMILES string of the molecule is CN(C)Cc1c[nH]c2cccc(Br)c12. The van der Waals surface area contributed by atoms with Crippen LogP contribution in [0.4, 0.5) is 0 Å². The molecule has 0 radical (unpaired) electrons. The summed E-state index contributed by atoms with van der Waals surface area (Å²) < 4.78 is 1.16. The number of nitrogens with zero attached hydrogens (tertiary/aromatic N) is 1. The quantitative estimate of drug-likeness (QED) is 0.871. The van der Waals surface area contributed by atoms with Crippen LogP contribution in [0.5, 0.6) is 0 Å². The van der Waals surface area contributed by atoms with E-state index in [1.54, 1.807) is 0 Å². The fourth-order valence-electron chi connectivity index (χ4n) is 1.67. The summed E-state index contributed by atoms with van der Waals surface area (Å²) in [5.74, 6) is 0. The van der Waals surface area contributed by atoms with E-state index in [-0.39, 0.29) is 0 Å². The number of halogens is 1. The number of benzene rings is 1. The second kappa shape index (κ2) is 3.75. The average Bonchev–Trinajstić information content (AvgIpc) is 2.49. The minimum Gasteiger partial charge on any atom is -0.361 e. The summed E-state index contributed by atoms with van der Waals surface area (Å²) in [7, 11) is 4.16. The van der Waals surface area contributed by atoms with Crippen molar-refractivity contribution in [3.05, 3.63) is 34.4 Å². The van der Waals surface area contributed by atoms with Gasteiger partial charge >= 0.3 is 0 Å². The Balaban J connectivity index is 2.55. The first-order valence-corrected chi connectivity index (χ1v) is 5.37. The Labute approximate surface area is 92.0 Å². The van der Waals surface area contributed by atoms with Crippen LogP contribution in [0.2, 0.25) is 0 Å². The zero-order valence-electron chi connectivity index (χ0n) is 8.34. The first-order chi connectivity index (χ1) is 6.68. The van der Waals surface area contributed by atoms with Gasteiger partial charge in [0, 0.05) is 28.1 Å². The molecule has 14 heavy (non-hydrogen) atoms. The summed E-state index contributed by atoms with van der Waals surface area (Å²) in [4.78, 5) is 5.45. The Bertz CT molecular complexity index is 445. The molecule has 0 aliphatic heterocycles. The second-order valence-corrected chi connectivity index (χ2v) is 4.57. The largest absolute Gasteiger partial charge is 0.361 e. The maximum atomic E-state index is 3.58. The highest BCUT2D eigenvalue weighted by Crippen LogP contribution is 2.27. The van der Waals surface area contributed by atoms with Gasteiger partial charge in [0.2, 0.25) is 0 Å². The Kier molecular flexibility index (Phi) is 2.61. The van der Waals surface area contributed by atoms with Gasteiger partial charge in [0.1, 0.15) is 0 Å². The van der Waals surface area contributed by atoms with Crippen LogP contribution < -0.4 is 0 Å². The number of aromatic amines is 1. The Morgan fingerprint density at radius 1 is 1.36 bits per heavy atom. The van der Waals surface area contributed by atoms with Gasteiger partial charge in [-0.05, 0) is 31.8 Å². The second-order valence-electron chi connectivity index (χ2n) is 3.71. The van der Waals surface area contributed by atoms with Gasteiger partial charge in [0.05, 0.1) is 0 Å². The molecule has 2 nitrogen and oxygen atoms in total. The highest BCUT2D eigenvalue weighted by Gasteiger charge is 2.06. The lowest BCUT2D eigenvalue weighted by Crippen LogP contribution is -2.10. The molecule has 0 fully saturated rings. The molecule has 0 bridgehead atoms. The topological polar surface area (TPSA) is 19.0 Å². The molecule has 0 amide bonds. The monoisotopic (exact) mass is 252 g/mol. The van der Waals surface area contributed by atoms with Gasteiger partial charge in [-0.25, -0.2) is 0 Å². The summed E-state index contributed by atoms with van der Waals surface area (Å²) in [6.45, 7) is 0.961. The molecule has 0 atom stereocenters. The number of hydrogen-bond acceptors (Lipinski definition) is 1. The van der Waals surface area contributed by atoms with E-state index in [0.29, 0.717) is 0 Å². The number of nitrogens with one attached hydrogen (secondary N) is 1. The van der Waals surface area contributed by atoms with E-state index < -0.39 is 0 Å². The first-order valence-electron chi connectivity index (χ1n) is 4.57. The summed E-state index contributed by atoms with van der Waals surface area (Å²) in [6, 6.07) is 6.22. The summed E-state index contributed by atoms with van der Waals surface area (Å²) in [5, 5.41) is 1.29. The summed E-state index contributed by atoms with van der Waals surface area (Å²) in [5.41, 5.74) is 2.52. The molecule has 0 saturated heterocycles. The minimum absolute atomic E-state index is 0.961. The van der Waals surface area contributed by atoms with Crippen molar-refractivity contribution in [1.29, 1.82) is 0 Å². The van der Waals surface area contributed by atoms with Crippen LogP contribution in [-0.4, -0.2) is 24.0 Å². The Morgan fingerprint density at radius 3 is 2.86 bits per heavy atom. The molecule has 0 aliphatic carbocycles. The van der Waals surface area contributed by atoms with Crippen LogP contribution in [0.15, 0.2) is 28.9 Å².